The minimum atomic E-state index is -0.548. The highest BCUT2D eigenvalue weighted by Crippen LogP contribution is 2.36. The summed E-state index contributed by atoms with van der Waals surface area (Å²) in [6, 6.07) is 1.57. The summed E-state index contributed by atoms with van der Waals surface area (Å²) in [5.74, 6) is -0.0986. The van der Waals surface area contributed by atoms with Crippen LogP contribution in [0.1, 0.15) is 29.4 Å². The van der Waals surface area contributed by atoms with Gasteiger partial charge in [-0.3, -0.25) is 14.9 Å². The second-order valence-corrected chi connectivity index (χ2v) is 5.32. The Morgan fingerprint density at radius 3 is 3.05 bits per heavy atom. The maximum absolute atomic E-state index is 11.9. The number of aromatic amines is 1. The molecule has 0 radical (unpaired) electrons. The van der Waals surface area contributed by atoms with Crippen LogP contribution in [0.5, 0.6) is 0 Å². The fraction of sp³-hybridized carbons (Fsp3) is 0.400. The molecule has 0 unspecified atom stereocenters. The average molecular weight is 294 g/mol. The number of nitro groups is 1. The first-order valence-electron chi connectivity index (χ1n) is 5.92. The summed E-state index contributed by atoms with van der Waals surface area (Å²) in [4.78, 5) is 24.5. The molecule has 2 aromatic heterocycles. The van der Waals surface area contributed by atoms with Crippen molar-refractivity contribution in [3.8, 4) is 0 Å². The maximum atomic E-state index is 11.9. The van der Waals surface area contributed by atoms with Gasteiger partial charge in [0.25, 0.3) is 5.69 Å². The van der Waals surface area contributed by atoms with E-state index in [1.807, 2.05) is 0 Å². The largest absolute Gasteiger partial charge is 0.353 e. The van der Waals surface area contributed by atoms with Crippen LogP contribution >= 0.6 is 11.8 Å². The van der Waals surface area contributed by atoms with Crippen molar-refractivity contribution in [3.63, 3.8) is 0 Å². The van der Waals surface area contributed by atoms with E-state index in [0.717, 1.165) is 12.8 Å². The molecule has 104 valence electrons. The molecule has 0 atom stereocenters. The summed E-state index contributed by atoms with van der Waals surface area (Å²) in [6.45, 7) is 0. The number of carbonyl (C=O) groups is 1. The Balaban J connectivity index is 1.63. The highest BCUT2D eigenvalue weighted by atomic mass is 32.2. The van der Waals surface area contributed by atoms with Crippen LogP contribution < -0.4 is 0 Å². The van der Waals surface area contributed by atoms with Crippen molar-refractivity contribution in [3.05, 3.63) is 28.1 Å². The zero-order valence-electron chi connectivity index (χ0n) is 10.2. The van der Waals surface area contributed by atoms with E-state index in [1.54, 1.807) is 4.68 Å². The van der Waals surface area contributed by atoms with E-state index in [9.17, 15) is 14.9 Å². The van der Waals surface area contributed by atoms with E-state index < -0.39 is 4.92 Å². The normalized spacial score (nSPS) is 14.4. The molecule has 3 rings (SSSR count). The van der Waals surface area contributed by atoms with Gasteiger partial charge in [-0.15, -0.1) is 5.10 Å². The summed E-state index contributed by atoms with van der Waals surface area (Å²) in [5, 5.41) is 22.5. The first kappa shape index (κ1) is 12.8. The zero-order valence-corrected chi connectivity index (χ0v) is 11.0. The molecular formula is C10H10N6O3S. The average Bonchev–Trinajstić information content (AvgIpc) is 2.97. The van der Waals surface area contributed by atoms with Gasteiger partial charge in [-0.05, 0) is 23.3 Å². The highest BCUT2D eigenvalue weighted by Gasteiger charge is 2.28. The molecule has 1 aliphatic carbocycles. The number of aromatic nitrogens is 5. The summed E-state index contributed by atoms with van der Waals surface area (Å²) in [5.41, 5.74) is 0.0933. The van der Waals surface area contributed by atoms with Gasteiger partial charge in [0.1, 0.15) is 0 Å². The van der Waals surface area contributed by atoms with Crippen LogP contribution in [0.25, 0.3) is 0 Å². The number of hydrogen-bond donors (Lipinski definition) is 1. The summed E-state index contributed by atoms with van der Waals surface area (Å²) in [6.07, 6.45) is 3.30. The van der Waals surface area contributed by atoms with Gasteiger partial charge in [0.2, 0.25) is 5.16 Å². The predicted molar refractivity (Wildman–Crippen MR) is 68.6 cm³/mol. The van der Waals surface area contributed by atoms with Crippen LogP contribution in [0.4, 0.5) is 5.69 Å². The standard InChI is InChI=1S/C10H10N6O3S/c17-9(8-3-7(4-11-8)16(18)19)5-20-10-12-13-14-15(10)6-1-2-6/h3-4,6,11H,1-2,5H2. The fourth-order valence-corrected chi connectivity index (χ4v) is 2.51. The van der Waals surface area contributed by atoms with Gasteiger partial charge in [0.15, 0.2) is 5.78 Å². The van der Waals surface area contributed by atoms with Crippen LogP contribution in [0.3, 0.4) is 0 Å². The van der Waals surface area contributed by atoms with Gasteiger partial charge in [-0.25, -0.2) is 4.68 Å². The molecule has 0 aliphatic heterocycles. The molecule has 1 saturated carbocycles. The van der Waals surface area contributed by atoms with Gasteiger partial charge in [-0.1, -0.05) is 11.8 Å². The Bertz CT molecular complexity index is 662. The van der Waals surface area contributed by atoms with Crippen LogP contribution in [-0.2, 0) is 0 Å². The summed E-state index contributed by atoms with van der Waals surface area (Å²) in [7, 11) is 0. The molecular weight excluding hydrogens is 284 g/mol. The molecule has 20 heavy (non-hydrogen) atoms. The molecule has 0 amide bonds. The second kappa shape index (κ2) is 5.04. The Morgan fingerprint density at radius 1 is 1.60 bits per heavy atom. The fourth-order valence-electron chi connectivity index (χ4n) is 1.69. The van der Waals surface area contributed by atoms with Crippen molar-refractivity contribution in [1.82, 2.24) is 25.2 Å². The maximum Gasteiger partial charge on any atom is 0.287 e. The predicted octanol–water partition coefficient (Wildman–Crippen LogP) is 1.22. The Kier molecular flexibility index (Phi) is 3.22. The van der Waals surface area contributed by atoms with E-state index in [4.69, 9.17) is 0 Å². The Hall–Kier alpha value is -2.23. The number of nitrogens with one attached hydrogen (secondary N) is 1. The first-order chi connectivity index (χ1) is 9.65. The third-order valence-electron chi connectivity index (χ3n) is 2.87. The van der Waals surface area contributed by atoms with Crippen molar-refractivity contribution in [2.24, 2.45) is 0 Å². The lowest BCUT2D eigenvalue weighted by Gasteiger charge is -2.00. The van der Waals surface area contributed by atoms with Gasteiger partial charge >= 0.3 is 0 Å². The molecule has 2 heterocycles. The third-order valence-corrected chi connectivity index (χ3v) is 3.80. The van der Waals surface area contributed by atoms with Crippen molar-refractivity contribution in [1.29, 1.82) is 0 Å². The number of H-pyrrole nitrogens is 1. The van der Waals surface area contributed by atoms with Gasteiger partial charge in [0.05, 0.1) is 28.6 Å². The van der Waals surface area contributed by atoms with Crippen LogP contribution in [0, 0.1) is 10.1 Å². The summed E-state index contributed by atoms with van der Waals surface area (Å²) < 4.78 is 1.72. The number of hydrogen-bond acceptors (Lipinski definition) is 7. The van der Waals surface area contributed by atoms with E-state index in [1.165, 1.54) is 24.0 Å². The van der Waals surface area contributed by atoms with E-state index in [0.29, 0.717) is 11.2 Å². The lowest BCUT2D eigenvalue weighted by atomic mass is 10.3. The SMILES string of the molecule is O=C(CSc1nnnn1C1CC1)c1cc([N+](=O)[O-])c[nH]1. The number of rotatable bonds is 6. The topological polar surface area (TPSA) is 120 Å². The van der Waals surface area contributed by atoms with Crippen molar-refractivity contribution < 1.29 is 9.72 Å². The molecule has 9 nitrogen and oxygen atoms in total. The van der Waals surface area contributed by atoms with Crippen molar-refractivity contribution >= 4 is 23.2 Å². The highest BCUT2D eigenvalue weighted by molar-refractivity contribution is 7.99. The number of thioether (sulfide) groups is 1. The van der Waals surface area contributed by atoms with Gasteiger partial charge in [0, 0.05) is 6.07 Å². The zero-order chi connectivity index (χ0) is 14.1. The molecule has 1 fully saturated rings. The number of nitrogens with zero attached hydrogens (tertiary/aromatic N) is 5. The van der Waals surface area contributed by atoms with Crippen LogP contribution in [0.2, 0.25) is 0 Å². The van der Waals surface area contributed by atoms with E-state index in [-0.39, 0.29) is 22.9 Å². The van der Waals surface area contributed by atoms with E-state index in [2.05, 4.69) is 20.5 Å². The number of Topliss-reactive ketones (excluding diaryl/α,β-unsaturated/α-hetero) is 1. The molecule has 10 heteroatoms. The van der Waals surface area contributed by atoms with Gasteiger partial charge < -0.3 is 4.98 Å². The number of ketones is 1. The molecule has 2 aromatic rings. The molecule has 1 N–H and O–H groups in total. The lowest BCUT2D eigenvalue weighted by Crippen LogP contribution is -2.05. The Labute approximate surface area is 116 Å². The molecule has 0 bridgehead atoms. The third kappa shape index (κ3) is 2.54. The van der Waals surface area contributed by atoms with E-state index >= 15 is 0 Å². The second-order valence-electron chi connectivity index (χ2n) is 4.38. The number of carbonyl (C=O) groups excluding carboxylic acids is 1. The molecule has 1 aliphatic rings. The molecule has 0 saturated heterocycles. The quantitative estimate of drug-likeness (QED) is 0.368. The summed E-state index contributed by atoms with van der Waals surface area (Å²) >= 11 is 1.23. The van der Waals surface area contributed by atoms with Crippen molar-refractivity contribution in [2.75, 3.05) is 5.75 Å². The Morgan fingerprint density at radius 2 is 2.40 bits per heavy atom. The van der Waals surface area contributed by atoms with Crippen molar-refractivity contribution in [2.45, 2.75) is 24.0 Å². The van der Waals surface area contributed by atoms with Gasteiger partial charge in [-0.2, -0.15) is 0 Å². The minimum absolute atomic E-state index is 0.124. The van der Waals surface area contributed by atoms with Crippen LogP contribution in [-0.4, -0.2) is 41.7 Å². The minimum Gasteiger partial charge on any atom is -0.353 e. The van der Waals surface area contributed by atoms with Crippen LogP contribution in [0.15, 0.2) is 17.4 Å². The molecule has 0 spiro atoms. The number of tetrazole rings is 1. The smallest absolute Gasteiger partial charge is 0.287 e. The molecule has 0 aromatic carbocycles. The first-order valence-corrected chi connectivity index (χ1v) is 6.90. The monoisotopic (exact) mass is 294 g/mol. The lowest BCUT2D eigenvalue weighted by molar-refractivity contribution is -0.384.